The normalized spacial score (nSPS) is 10.4. The Labute approximate surface area is 159 Å². The van der Waals surface area contributed by atoms with Crippen LogP contribution >= 0.6 is 22.7 Å². The van der Waals surface area contributed by atoms with Crippen LogP contribution in [0.3, 0.4) is 0 Å². The maximum Gasteiger partial charge on any atom is 0.275 e. The van der Waals surface area contributed by atoms with Crippen LogP contribution in [0.1, 0.15) is 10.5 Å². The van der Waals surface area contributed by atoms with Gasteiger partial charge in [-0.2, -0.15) is 11.3 Å². The van der Waals surface area contributed by atoms with E-state index in [1.807, 2.05) is 16.8 Å². The minimum absolute atomic E-state index is 0.0249. The van der Waals surface area contributed by atoms with Crippen molar-refractivity contribution in [2.24, 2.45) is 0 Å². The molecule has 2 heterocycles. The fourth-order valence-corrected chi connectivity index (χ4v) is 3.51. The number of nitrogens with zero attached hydrogens (tertiary/aromatic N) is 2. The zero-order valence-electron chi connectivity index (χ0n) is 14.3. The van der Waals surface area contributed by atoms with E-state index in [9.17, 15) is 9.59 Å². The molecule has 1 aromatic carbocycles. The lowest BCUT2D eigenvalue weighted by molar-refractivity contribution is -0.130. The lowest BCUT2D eigenvalue weighted by atomic mass is 10.3. The summed E-state index contributed by atoms with van der Waals surface area (Å²) in [6, 6.07) is 8.83. The van der Waals surface area contributed by atoms with Crippen LogP contribution < -0.4 is 10.1 Å². The van der Waals surface area contributed by atoms with Crippen LogP contribution in [0.5, 0.6) is 5.75 Å². The number of benzene rings is 1. The molecule has 0 aliphatic rings. The number of anilines is 1. The molecule has 8 heteroatoms. The number of thiophene rings is 1. The van der Waals surface area contributed by atoms with Gasteiger partial charge in [0.05, 0.1) is 0 Å². The van der Waals surface area contributed by atoms with E-state index in [-0.39, 0.29) is 18.4 Å². The number of carbonyl (C=O) groups excluding carboxylic acids is 2. The van der Waals surface area contributed by atoms with Gasteiger partial charge in [-0.05, 0) is 35.7 Å². The van der Waals surface area contributed by atoms with Crippen molar-refractivity contribution < 1.29 is 14.3 Å². The van der Waals surface area contributed by atoms with Crippen molar-refractivity contribution in [1.82, 2.24) is 9.88 Å². The predicted molar refractivity (Wildman–Crippen MR) is 104 cm³/mol. The van der Waals surface area contributed by atoms with E-state index >= 15 is 0 Å². The molecule has 0 aliphatic carbocycles. The Balaban J connectivity index is 1.58. The van der Waals surface area contributed by atoms with Gasteiger partial charge in [0.15, 0.2) is 6.61 Å². The number of aromatic nitrogens is 1. The Morgan fingerprint density at radius 3 is 2.58 bits per heavy atom. The van der Waals surface area contributed by atoms with E-state index in [0.717, 1.165) is 10.6 Å². The number of thiazole rings is 1. The first-order chi connectivity index (χ1) is 12.5. The van der Waals surface area contributed by atoms with Crippen LogP contribution in [0.15, 0.2) is 46.5 Å². The van der Waals surface area contributed by atoms with Gasteiger partial charge in [-0.1, -0.05) is 0 Å². The number of ether oxygens (including phenoxy) is 1. The maximum atomic E-state index is 12.3. The molecule has 3 rings (SSSR count). The highest BCUT2D eigenvalue weighted by molar-refractivity contribution is 7.14. The molecule has 0 bridgehead atoms. The largest absolute Gasteiger partial charge is 0.484 e. The number of amides is 2. The molecule has 1 N–H and O–H groups in total. The molecule has 0 aliphatic heterocycles. The predicted octanol–water partition coefficient (Wildman–Crippen LogP) is 3.59. The van der Waals surface area contributed by atoms with Gasteiger partial charge in [-0.3, -0.25) is 9.59 Å². The zero-order chi connectivity index (χ0) is 18.5. The van der Waals surface area contributed by atoms with Gasteiger partial charge in [0, 0.05) is 36.1 Å². The minimum atomic E-state index is -0.265. The van der Waals surface area contributed by atoms with Gasteiger partial charge in [-0.25, -0.2) is 4.98 Å². The molecule has 0 spiro atoms. The second-order valence-corrected chi connectivity index (χ2v) is 7.24. The first kappa shape index (κ1) is 18.1. The molecule has 2 aromatic heterocycles. The Hall–Kier alpha value is -2.71. The molecule has 0 atom stereocenters. The number of likely N-dealkylation sites (N-methyl/N-ethyl adjacent to an activating group) is 1. The summed E-state index contributed by atoms with van der Waals surface area (Å²) in [5.74, 6) is 0.179. The highest BCUT2D eigenvalue weighted by Gasteiger charge is 2.12. The molecule has 26 heavy (non-hydrogen) atoms. The van der Waals surface area contributed by atoms with Gasteiger partial charge >= 0.3 is 0 Å². The van der Waals surface area contributed by atoms with Gasteiger partial charge in [0.2, 0.25) is 0 Å². The lowest BCUT2D eigenvalue weighted by Crippen LogP contribution is -2.27. The minimum Gasteiger partial charge on any atom is -0.484 e. The summed E-state index contributed by atoms with van der Waals surface area (Å²) < 4.78 is 5.40. The van der Waals surface area contributed by atoms with E-state index in [0.29, 0.717) is 17.1 Å². The summed E-state index contributed by atoms with van der Waals surface area (Å²) in [4.78, 5) is 29.7. The number of rotatable bonds is 6. The molecule has 0 saturated carbocycles. The van der Waals surface area contributed by atoms with Crippen molar-refractivity contribution in [3.63, 3.8) is 0 Å². The molecule has 0 radical (unpaired) electrons. The molecule has 0 unspecified atom stereocenters. The third-order valence-electron chi connectivity index (χ3n) is 3.48. The molecule has 0 fully saturated rings. The first-order valence-electron chi connectivity index (χ1n) is 7.75. The van der Waals surface area contributed by atoms with Crippen LogP contribution in [-0.4, -0.2) is 42.4 Å². The fourth-order valence-electron chi connectivity index (χ4n) is 2.00. The molecule has 3 aromatic rings. The second kappa shape index (κ2) is 8.11. The molecular formula is C18H17N3O3S2. The van der Waals surface area contributed by atoms with E-state index < -0.39 is 0 Å². The average Bonchev–Trinajstić information content (AvgIpc) is 3.31. The van der Waals surface area contributed by atoms with E-state index in [1.165, 1.54) is 16.2 Å². The molecule has 2 amide bonds. The number of nitrogens with one attached hydrogen (secondary N) is 1. The second-order valence-electron chi connectivity index (χ2n) is 5.61. The third kappa shape index (κ3) is 4.47. The number of carbonyl (C=O) groups is 2. The quantitative estimate of drug-likeness (QED) is 0.702. The van der Waals surface area contributed by atoms with Crippen LogP contribution in [0.2, 0.25) is 0 Å². The summed E-state index contributed by atoms with van der Waals surface area (Å²) >= 11 is 3.03. The maximum absolute atomic E-state index is 12.3. The molecule has 134 valence electrons. The Morgan fingerprint density at radius 2 is 1.92 bits per heavy atom. The fraction of sp³-hybridized carbons (Fsp3) is 0.167. The SMILES string of the molecule is CN(C)C(=O)COc1ccc(NC(=O)c2csc(-c3ccsc3)n2)cc1. The van der Waals surface area contributed by atoms with Crippen molar-refractivity contribution in [2.45, 2.75) is 0 Å². The highest BCUT2D eigenvalue weighted by Crippen LogP contribution is 2.26. The molecular weight excluding hydrogens is 370 g/mol. The highest BCUT2D eigenvalue weighted by atomic mass is 32.1. The summed E-state index contributed by atoms with van der Waals surface area (Å²) in [6.45, 7) is -0.0249. The smallest absolute Gasteiger partial charge is 0.275 e. The summed E-state index contributed by atoms with van der Waals surface area (Å²) in [5, 5.41) is 9.35. The van der Waals surface area contributed by atoms with Crippen LogP contribution in [-0.2, 0) is 4.79 Å². The number of hydrogen-bond acceptors (Lipinski definition) is 6. The number of hydrogen-bond donors (Lipinski definition) is 1. The molecule has 6 nitrogen and oxygen atoms in total. The standard InChI is InChI=1S/C18H17N3O3S2/c1-21(2)16(22)9-24-14-5-3-13(4-6-14)19-17(23)15-11-26-18(20-15)12-7-8-25-10-12/h3-8,10-11H,9H2,1-2H3,(H,19,23). The van der Waals surface area contributed by atoms with Gasteiger partial charge in [0.25, 0.3) is 11.8 Å². The Morgan fingerprint density at radius 1 is 1.15 bits per heavy atom. The summed E-state index contributed by atoms with van der Waals surface area (Å²) in [5.41, 5.74) is 2.03. The lowest BCUT2D eigenvalue weighted by Gasteiger charge is -2.11. The van der Waals surface area contributed by atoms with Gasteiger partial charge in [0.1, 0.15) is 16.5 Å². The van der Waals surface area contributed by atoms with Crippen LogP contribution in [0.4, 0.5) is 5.69 Å². The van der Waals surface area contributed by atoms with Crippen LogP contribution in [0, 0.1) is 0 Å². The first-order valence-corrected chi connectivity index (χ1v) is 9.57. The Bertz CT molecular complexity index is 887. The topological polar surface area (TPSA) is 71.5 Å². The van der Waals surface area contributed by atoms with Gasteiger partial charge < -0.3 is 15.0 Å². The monoisotopic (exact) mass is 387 g/mol. The van der Waals surface area contributed by atoms with Crippen molar-refractivity contribution in [2.75, 3.05) is 26.0 Å². The van der Waals surface area contributed by atoms with Crippen molar-refractivity contribution >= 4 is 40.2 Å². The molecule has 0 saturated heterocycles. The van der Waals surface area contributed by atoms with Crippen molar-refractivity contribution in [3.05, 3.63) is 52.2 Å². The summed E-state index contributed by atoms with van der Waals surface area (Å²) in [7, 11) is 3.35. The van der Waals surface area contributed by atoms with Gasteiger partial charge in [-0.15, -0.1) is 11.3 Å². The zero-order valence-corrected chi connectivity index (χ0v) is 15.9. The third-order valence-corrected chi connectivity index (χ3v) is 5.05. The van der Waals surface area contributed by atoms with E-state index in [4.69, 9.17) is 4.74 Å². The summed E-state index contributed by atoms with van der Waals surface area (Å²) in [6.07, 6.45) is 0. The van der Waals surface area contributed by atoms with Crippen LogP contribution in [0.25, 0.3) is 10.6 Å². The Kier molecular flexibility index (Phi) is 5.65. The van der Waals surface area contributed by atoms with E-state index in [1.54, 1.807) is 55.1 Å². The van der Waals surface area contributed by atoms with E-state index in [2.05, 4.69) is 10.3 Å². The van der Waals surface area contributed by atoms with Crippen molar-refractivity contribution in [1.29, 1.82) is 0 Å². The van der Waals surface area contributed by atoms with Crippen molar-refractivity contribution in [3.8, 4) is 16.3 Å². The average molecular weight is 387 g/mol.